The Labute approximate surface area is 222 Å². The second-order valence-electron chi connectivity index (χ2n) is 8.43. The van der Waals surface area contributed by atoms with Crippen molar-refractivity contribution < 1.29 is 51.6 Å². The first-order valence-electron chi connectivity index (χ1n) is 11.8. The number of hydrogen-bond donors (Lipinski definition) is 1. The summed E-state index contributed by atoms with van der Waals surface area (Å²) in [6.45, 7) is -1.57. The van der Waals surface area contributed by atoms with Crippen LogP contribution in [0.15, 0.2) is 24.3 Å². The number of nitrogens with one attached hydrogen (secondary N) is 1. The van der Waals surface area contributed by atoms with E-state index in [9.17, 15) is 46.8 Å². The molecule has 3 aliphatic heterocycles. The van der Waals surface area contributed by atoms with Gasteiger partial charge >= 0.3 is 5.97 Å². The highest BCUT2D eigenvalue weighted by Gasteiger charge is 2.33. The van der Waals surface area contributed by atoms with Crippen molar-refractivity contribution in [3.8, 4) is 0 Å². The van der Waals surface area contributed by atoms with Gasteiger partial charge in [-0.3, -0.25) is 43.4 Å². The number of rotatable bonds is 14. The number of amides is 7. The molecule has 3 heterocycles. The molecule has 0 spiro atoms. The number of hydroxylamine groups is 2. The third-order valence-corrected chi connectivity index (χ3v) is 7.65. The molecule has 210 valence electrons. The monoisotopic (exact) mass is 567 g/mol. The van der Waals surface area contributed by atoms with E-state index >= 15 is 0 Å². The van der Waals surface area contributed by atoms with Crippen molar-refractivity contribution in [2.45, 2.75) is 25.7 Å². The third kappa shape index (κ3) is 7.64. The van der Waals surface area contributed by atoms with E-state index in [2.05, 4.69) is 10.2 Å². The van der Waals surface area contributed by atoms with E-state index in [-0.39, 0.29) is 45.6 Å². The Balaban J connectivity index is 1.50. The average Bonchev–Trinajstić information content (AvgIpc) is 3.49. The van der Waals surface area contributed by atoms with Crippen LogP contribution in [0, 0.1) is 0 Å². The maximum absolute atomic E-state index is 13.0. The van der Waals surface area contributed by atoms with E-state index in [0.717, 1.165) is 38.4 Å². The first kappa shape index (κ1) is 29.3. The smallest absolute Gasteiger partial charge is 0.333 e. The fourth-order valence-corrected chi connectivity index (χ4v) is 5.01. The topological polar surface area (TPSA) is 205 Å². The van der Waals surface area contributed by atoms with Crippen molar-refractivity contribution in [2.75, 3.05) is 38.5 Å². The minimum absolute atomic E-state index is 0.0822. The van der Waals surface area contributed by atoms with Crippen LogP contribution in [0.1, 0.15) is 25.7 Å². The number of imide groups is 3. The van der Waals surface area contributed by atoms with Crippen molar-refractivity contribution in [2.24, 2.45) is 0 Å². The molecule has 0 atom stereocenters. The Morgan fingerprint density at radius 2 is 1.26 bits per heavy atom. The predicted octanol–water partition coefficient (Wildman–Crippen LogP) is -3.03. The van der Waals surface area contributed by atoms with Crippen LogP contribution in [-0.4, -0.2) is 113 Å². The first-order chi connectivity index (χ1) is 18.4. The van der Waals surface area contributed by atoms with Gasteiger partial charge in [-0.1, -0.05) is 0 Å². The molecule has 0 unspecified atom stereocenters. The van der Waals surface area contributed by atoms with Gasteiger partial charge < -0.3 is 10.2 Å². The number of hydrogen-bond acceptors (Lipinski definition) is 11. The Hall–Kier alpha value is -4.25. The van der Waals surface area contributed by atoms with E-state index < -0.39 is 75.9 Å². The summed E-state index contributed by atoms with van der Waals surface area (Å²) < 4.78 is 26.9. The molecular formula is C22H25N5O11S. The van der Waals surface area contributed by atoms with Gasteiger partial charge in [0.15, 0.2) is 0 Å². The van der Waals surface area contributed by atoms with E-state index in [1.54, 1.807) is 0 Å². The van der Waals surface area contributed by atoms with Gasteiger partial charge in [-0.05, 0) is 0 Å². The number of carbonyl (C=O) groups is 8. The fraction of sp³-hybridized carbons (Fsp3) is 0.455. The molecule has 0 aromatic carbocycles. The lowest BCUT2D eigenvalue weighted by Gasteiger charge is -2.26. The lowest BCUT2D eigenvalue weighted by atomic mass is 10.3. The predicted molar refractivity (Wildman–Crippen MR) is 127 cm³/mol. The van der Waals surface area contributed by atoms with Gasteiger partial charge in [-0.2, -0.15) is 4.31 Å². The molecule has 0 aliphatic carbocycles. The van der Waals surface area contributed by atoms with Crippen LogP contribution in [0.3, 0.4) is 0 Å². The standard InChI is InChI=1S/C22H25N5O11S/c28-15(1-8-22(35)38-27-20(33)6-7-21(27)34)23-9-14-39(36,37)24(10-12-25-16(29)2-3-17(25)30)11-13-26-18(31)4-5-19(26)32/h2-5H,1,6-14H2,(H,23,28). The van der Waals surface area contributed by atoms with E-state index in [1.165, 1.54) is 0 Å². The molecule has 7 amide bonds. The van der Waals surface area contributed by atoms with Gasteiger partial charge in [0, 0.05) is 76.3 Å². The Morgan fingerprint density at radius 3 is 1.72 bits per heavy atom. The third-order valence-electron chi connectivity index (χ3n) is 5.78. The fourth-order valence-electron chi connectivity index (χ4n) is 3.67. The Bertz CT molecular complexity index is 1170. The highest BCUT2D eigenvalue weighted by Crippen LogP contribution is 2.13. The van der Waals surface area contributed by atoms with Crippen molar-refractivity contribution in [3.63, 3.8) is 0 Å². The summed E-state index contributed by atoms with van der Waals surface area (Å²) in [5.41, 5.74) is 0. The van der Waals surface area contributed by atoms with Crippen LogP contribution in [0.4, 0.5) is 0 Å². The molecule has 39 heavy (non-hydrogen) atoms. The molecule has 3 rings (SSSR count). The highest BCUT2D eigenvalue weighted by atomic mass is 32.2. The molecule has 16 nitrogen and oxygen atoms in total. The van der Waals surface area contributed by atoms with E-state index in [4.69, 9.17) is 0 Å². The Morgan fingerprint density at radius 1 is 0.795 bits per heavy atom. The molecule has 0 saturated carbocycles. The zero-order valence-corrected chi connectivity index (χ0v) is 21.4. The summed E-state index contributed by atoms with van der Waals surface area (Å²) in [6.07, 6.45) is 3.13. The summed E-state index contributed by atoms with van der Waals surface area (Å²) in [4.78, 5) is 100. The minimum atomic E-state index is -4.12. The van der Waals surface area contributed by atoms with Gasteiger partial charge in [0.1, 0.15) is 0 Å². The second kappa shape index (κ2) is 12.5. The van der Waals surface area contributed by atoms with Gasteiger partial charge in [0.2, 0.25) is 15.9 Å². The van der Waals surface area contributed by atoms with Crippen LogP contribution >= 0.6 is 0 Å². The van der Waals surface area contributed by atoms with Gasteiger partial charge in [0.05, 0.1) is 12.2 Å². The van der Waals surface area contributed by atoms with E-state index in [0.29, 0.717) is 5.06 Å². The first-order valence-corrected chi connectivity index (χ1v) is 13.4. The molecule has 0 radical (unpaired) electrons. The van der Waals surface area contributed by atoms with Gasteiger partial charge in [-0.25, -0.2) is 13.2 Å². The largest absolute Gasteiger partial charge is 0.355 e. The number of nitrogens with zero attached hydrogens (tertiary/aromatic N) is 4. The summed E-state index contributed by atoms with van der Waals surface area (Å²) in [7, 11) is -4.12. The molecule has 0 aromatic heterocycles. The SMILES string of the molecule is O=C(CCC(=O)ON1C(=O)CCC1=O)NCCS(=O)(=O)N(CCN1C(=O)C=CC1=O)CCN1C(=O)C=CC1=O. The normalized spacial score (nSPS) is 17.4. The summed E-state index contributed by atoms with van der Waals surface area (Å²) >= 11 is 0. The maximum atomic E-state index is 13.0. The summed E-state index contributed by atoms with van der Waals surface area (Å²) in [6, 6.07) is 0. The average molecular weight is 568 g/mol. The molecule has 3 aliphatic rings. The number of sulfonamides is 1. The zero-order valence-electron chi connectivity index (χ0n) is 20.6. The molecule has 0 aromatic rings. The van der Waals surface area contributed by atoms with Crippen molar-refractivity contribution in [1.82, 2.24) is 24.5 Å². The van der Waals surface area contributed by atoms with Crippen LogP contribution in [-0.2, 0) is 53.2 Å². The zero-order chi connectivity index (χ0) is 28.7. The molecule has 17 heteroatoms. The molecule has 1 N–H and O–H groups in total. The van der Waals surface area contributed by atoms with Crippen LogP contribution in [0.5, 0.6) is 0 Å². The van der Waals surface area contributed by atoms with Crippen LogP contribution in [0.2, 0.25) is 0 Å². The van der Waals surface area contributed by atoms with Crippen molar-refractivity contribution >= 4 is 57.3 Å². The highest BCUT2D eigenvalue weighted by molar-refractivity contribution is 7.89. The minimum Gasteiger partial charge on any atom is -0.355 e. The maximum Gasteiger partial charge on any atom is 0.333 e. The van der Waals surface area contributed by atoms with Crippen molar-refractivity contribution in [1.29, 1.82) is 0 Å². The lowest BCUT2D eigenvalue weighted by molar-refractivity contribution is -0.197. The molecule has 1 saturated heterocycles. The molecular weight excluding hydrogens is 542 g/mol. The summed E-state index contributed by atoms with van der Waals surface area (Å²) in [5, 5.41) is 2.67. The van der Waals surface area contributed by atoms with Gasteiger partial charge in [0.25, 0.3) is 35.4 Å². The van der Waals surface area contributed by atoms with E-state index in [1.807, 2.05) is 0 Å². The van der Waals surface area contributed by atoms with Crippen molar-refractivity contribution in [3.05, 3.63) is 24.3 Å². The lowest BCUT2D eigenvalue weighted by Crippen LogP contribution is -2.46. The van der Waals surface area contributed by atoms with Crippen LogP contribution < -0.4 is 5.32 Å². The second-order valence-corrected chi connectivity index (χ2v) is 10.5. The van der Waals surface area contributed by atoms with Crippen LogP contribution in [0.25, 0.3) is 0 Å². The number of carbonyl (C=O) groups excluding carboxylic acids is 8. The quantitative estimate of drug-likeness (QED) is 0.209. The molecule has 0 bridgehead atoms. The molecule has 1 fully saturated rings. The summed E-state index contributed by atoms with van der Waals surface area (Å²) in [5.74, 6) is -6.10. The Kier molecular flexibility index (Phi) is 9.42. The van der Waals surface area contributed by atoms with Gasteiger partial charge in [-0.15, -0.1) is 5.06 Å².